The molecule has 1 atom stereocenters. The molecule has 116 valence electrons. The summed E-state index contributed by atoms with van der Waals surface area (Å²) in [5, 5.41) is 7.47. The van der Waals surface area contributed by atoms with Crippen molar-refractivity contribution in [2.24, 2.45) is 0 Å². The maximum Gasteiger partial charge on any atom is 0.148 e. The van der Waals surface area contributed by atoms with Gasteiger partial charge in [0.1, 0.15) is 17.2 Å². The summed E-state index contributed by atoms with van der Waals surface area (Å²) >= 11 is 6.36. The molecule has 0 bridgehead atoms. The van der Waals surface area contributed by atoms with Crippen LogP contribution < -0.4 is 10.6 Å². The largest absolute Gasteiger partial charge is 0.385 e. The SMILES string of the molecule is CCc1ncnc(NC(C)c2ccc3c(c2)CCCN3)c1Cl. The second-order valence-electron chi connectivity index (χ2n) is 5.65. The first kappa shape index (κ1) is 15.1. The monoisotopic (exact) mass is 316 g/mol. The van der Waals surface area contributed by atoms with Gasteiger partial charge in [-0.2, -0.15) is 0 Å². The van der Waals surface area contributed by atoms with Crippen molar-refractivity contribution in [3.8, 4) is 0 Å². The summed E-state index contributed by atoms with van der Waals surface area (Å²) in [5.74, 6) is 0.705. The summed E-state index contributed by atoms with van der Waals surface area (Å²) in [5.41, 5.74) is 4.77. The van der Waals surface area contributed by atoms with Crippen molar-refractivity contribution in [3.63, 3.8) is 0 Å². The van der Waals surface area contributed by atoms with E-state index in [1.54, 1.807) is 6.33 Å². The Hall–Kier alpha value is -1.81. The van der Waals surface area contributed by atoms with Crippen molar-refractivity contribution in [1.82, 2.24) is 9.97 Å². The molecule has 22 heavy (non-hydrogen) atoms. The highest BCUT2D eigenvalue weighted by Crippen LogP contribution is 2.29. The van der Waals surface area contributed by atoms with Crippen LogP contribution in [0.5, 0.6) is 0 Å². The molecule has 2 N–H and O–H groups in total. The molecular formula is C17H21ClN4. The Labute approximate surface area is 136 Å². The molecular weight excluding hydrogens is 296 g/mol. The van der Waals surface area contributed by atoms with Crippen molar-refractivity contribution in [2.75, 3.05) is 17.2 Å². The lowest BCUT2D eigenvalue weighted by molar-refractivity contribution is 0.816. The summed E-state index contributed by atoms with van der Waals surface area (Å²) in [6.07, 6.45) is 4.69. The van der Waals surface area contributed by atoms with Crippen molar-refractivity contribution >= 4 is 23.1 Å². The van der Waals surface area contributed by atoms with Crippen molar-refractivity contribution in [1.29, 1.82) is 0 Å². The quantitative estimate of drug-likeness (QED) is 0.886. The van der Waals surface area contributed by atoms with Crippen LogP contribution in [-0.4, -0.2) is 16.5 Å². The topological polar surface area (TPSA) is 49.8 Å². The van der Waals surface area contributed by atoms with E-state index in [9.17, 15) is 0 Å². The molecule has 0 fully saturated rings. The number of halogens is 1. The maximum atomic E-state index is 6.36. The van der Waals surface area contributed by atoms with Gasteiger partial charge in [-0.1, -0.05) is 30.7 Å². The zero-order chi connectivity index (χ0) is 15.5. The van der Waals surface area contributed by atoms with Crippen LogP contribution in [0, 0.1) is 0 Å². The molecule has 1 aliphatic heterocycles. The van der Waals surface area contributed by atoms with Gasteiger partial charge in [0, 0.05) is 12.2 Å². The number of nitrogens with one attached hydrogen (secondary N) is 2. The standard InChI is InChI=1S/C17H21ClN4/c1-3-14-16(18)17(21-10-20-14)22-11(2)12-6-7-15-13(9-12)5-4-8-19-15/h6-7,9-11,19H,3-5,8H2,1-2H3,(H,20,21,22). The lowest BCUT2D eigenvalue weighted by Crippen LogP contribution is -2.14. The van der Waals surface area contributed by atoms with Gasteiger partial charge in [-0.3, -0.25) is 0 Å². The molecule has 2 aromatic rings. The predicted octanol–water partition coefficient (Wildman–Crippen LogP) is 4.22. The van der Waals surface area contributed by atoms with Crippen LogP contribution in [0.3, 0.4) is 0 Å². The van der Waals surface area contributed by atoms with Gasteiger partial charge in [-0.05, 0) is 43.4 Å². The van der Waals surface area contributed by atoms with Crippen LogP contribution in [0.2, 0.25) is 5.02 Å². The van der Waals surface area contributed by atoms with E-state index >= 15 is 0 Å². The number of aryl methyl sites for hydroxylation is 2. The van der Waals surface area contributed by atoms with Crippen LogP contribution in [0.25, 0.3) is 0 Å². The van der Waals surface area contributed by atoms with E-state index < -0.39 is 0 Å². The summed E-state index contributed by atoms with van der Waals surface area (Å²) in [7, 11) is 0. The van der Waals surface area contributed by atoms with E-state index in [2.05, 4.69) is 45.7 Å². The van der Waals surface area contributed by atoms with Crippen molar-refractivity contribution in [2.45, 2.75) is 39.2 Å². The minimum atomic E-state index is 0.143. The molecule has 4 nitrogen and oxygen atoms in total. The molecule has 0 aliphatic carbocycles. The smallest absolute Gasteiger partial charge is 0.148 e. The summed E-state index contributed by atoms with van der Waals surface area (Å²) < 4.78 is 0. The van der Waals surface area contributed by atoms with E-state index in [1.165, 1.54) is 23.2 Å². The molecule has 1 aromatic carbocycles. The molecule has 1 unspecified atom stereocenters. The molecule has 0 saturated carbocycles. The third kappa shape index (κ3) is 3.02. The zero-order valence-corrected chi connectivity index (χ0v) is 13.7. The first-order valence-corrected chi connectivity index (χ1v) is 8.19. The maximum absolute atomic E-state index is 6.36. The molecule has 0 radical (unpaired) electrons. The van der Waals surface area contributed by atoms with Crippen molar-refractivity contribution < 1.29 is 0 Å². The third-order valence-electron chi connectivity index (χ3n) is 4.12. The second-order valence-corrected chi connectivity index (χ2v) is 6.03. The Kier molecular flexibility index (Phi) is 4.48. The number of aromatic nitrogens is 2. The summed E-state index contributed by atoms with van der Waals surface area (Å²) in [6.45, 7) is 5.23. The van der Waals surface area contributed by atoms with E-state index in [1.807, 2.05) is 6.92 Å². The highest BCUT2D eigenvalue weighted by atomic mass is 35.5. The van der Waals surface area contributed by atoms with Crippen molar-refractivity contribution in [3.05, 3.63) is 46.4 Å². The number of hydrogen-bond donors (Lipinski definition) is 2. The summed E-state index contributed by atoms with van der Waals surface area (Å²) in [4.78, 5) is 8.48. The fourth-order valence-corrected chi connectivity index (χ4v) is 3.09. The molecule has 1 aliphatic rings. The average molecular weight is 317 g/mol. The van der Waals surface area contributed by atoms with Gasteiger partial charge in [-0.25, -0.2) is 9.97 Å². The third-order valence-corrected chi connectivity index (χ3v) is 4.51. The minimum absolute atomic E-state index is 0.143. The molecule has 0 saturated heterocycles. The van der Waals surface area contributed by atoms with Crippen LogP contribution in [0.4, 0.5) is 11.5 Å². The predicted molar refractivity (Wildman–Crippen MR) is 91.7 cm³/mol. The fraction of sp³-hybridized carbons (Fsp3) is 0.412. The molecule has 2 heterocycles. The Bertz CT molecular complexity index is 672. The second kappa shape index (κ2) is 6.53. The molecule has 0 spiro atoms. The van der Waals surface area contributed by atoms with Crippen LogP contribution in [0.15, 0.2) is 24.5 Å². The molecule has 5 heteroatoms. The number of hydrogen-bond acceptors (Lipinski definition) is 4. The van der Waals surface area contributed by atoms with E-state index in [0.29, 0.717) is 10.8 Å². The lowest BCUT2D eigenvalue weighted by Gasteiger charge is -2.22. The van der Waals surface area contributed by atoms with Gasteiger partial charge in [0.05, 0.1) is 11.7 Å². The van der Waals surface area contributed by atoms with Crippen LogP contribution in [0.1, 0.15) is 43.1 Å². The minimum Gasteiger partial charge on any atom is -0.385 e. The molecule has 3 rings (SSSR count). The van der Waals surface area contributed by atoms with Gasteiger partial charge in [0.15, 0.2) is 0 Å². The summed E-state index contributed by atoms with van der Waals surface area (Å²) in [6, 6.07) is 6.74. The Balaban J connectivity index is 1.81. The number of nitrogens with zero attached hydrogens (tertiary/aromatic N) is 2. The average Bonchev–Trinajstić information content (AvgIpc) is 2.56. The van der Waals surface area contributed by atoms with Gasteiger partial charge in [0.2, 0.25) is 0 Å². The van der Waals surface area contributed by atoms with Crippen LogP contribution >= 0.6 is 11.6 Å². The van der Waals surface area contributed by atoms with E-state index in [-0.39, 0.29) is 6.04 Å². The highest BCUT2D eigenvalue weighted by molar-refractivity contribution is 6.33. The van der Waals surface area contributed by atoms with E-state index in [0.717, 1.165) is 25.1 Å². The number of rotatable bonds is 4. The lowest BCUT2D eigenvalue weighted by atomic mass is 9.98. The Morgan fingerprint density at radius 2 is 2.23 bits per heavy atom. The number of fused-ring (bicyclic) bond motifs is 1. The number of benzene rings is 1. The van der Waals surface area contributed by atoms with Gasteiger partial charge in [-0.15, -0.1) is 0 Å². The van der Waals surface area contributed by atoms with Gasteiger partial charge >= 0.3 is 0 Å². The van der Waals surface area contributed by atoms with E-state index in [4.69, 9.17) is 11.6 Å². The van der Waals surface area contributed by atoms with Gasteiger partial charge < -0.3 is 10.6 Å². The first-order valence-electron chi connectivity index (χ1n) is 7.81. The Morgan fingerprint density at radius 1 is 1.36 bits per heavy atom. The highest BCUT2D eigenvalue weighted by Gasteiger charge is 2.14. The van der Waals surface area contributed by atoms with Gasteiger partial charge in [0.25, 0.3) is 0 Å². The van der Waals surface area contributed by atoms with Crippen LogP contribution in [-0.2, 0) is 12.8 Å². The first-order chi connectivity index (χ1) is 10.7. The zero-order valence-electron chi connectivity index (χ0n) is 13.0. The Morgan fingerprint density at radius 3 is 3.05 bits per heavy atom. The number of anilines is 2. The normalized spacial score (nSPS) is 14.9. The fourth-order valence-electron chi connectivity index (χ4n) is 2.81. The molecule has 0 amide bonds. The molecule has 1 aromatic heterocycles.